The van der Waals surface area contributed by atoms with Crippen molar-refractivity contribution in [2.45, 2.75) is 37.3 Å². The third-order valence-electron chi connectivity index (χ3n) is 6.68. The maximum atomic E-state index is 12.9. The van der Waals surface area contributed by atoms with E-state index in [1.165, 1.54) is 0 Å². The lowest BCUT2D eigenvalue weighted by atomic mass is 9.79. The van der Waals surface area contributed by atoms with Crippen molar-refractivity contribution >= 4 is 18.0 Å². The number of hydrogen-bond acceptors (Lipinski definition) is 5. The Hall–Kier alpha value is -3.39. The van der Waals surface area contributed by atoms with Gasteiger partial charge in [-0.25, -0.2) is 9.59 Å². The number of carboxylic acids is 1. The summed E-state index contributed by atoms with van der Waals surface area (Å²) >= 11 is 0. The summed E-state index contributed by atoms with van der Waals surface area (Å²) in [5.74, 6) is -1.72. The molecule has 4 rings (SSSR count). The van der Waals surface area contributed by atoms with Crippen molar-refractivity contribution in [3.05, 3.63) is 59.7 Å². The van der Waals surface area contributed by atoms with E-state index in [0.717, 1.165) is 41.5 Å². The highest BCUT2D eigenvalue weighted by Gasteiger charge is 2.36. The van der Waals surface area contributed by atoms with Crippen molar-refractivity contribution in [3.8, 4) is 11.1 Å². The molecule has 180 valence electrons. The zero-order chi connectivity index (χ0) is 24.2. The number of carbonyl (C=O) groups is 3. The van der Waals surface area contributed by atoms with Crippen LogP contribution in [0.1, 0.15) is 36.3 Å². The summed E-state index contributed by atoms with van der Waals surface area (Å²) in [4.78, 5) is 38.9. The summed E-state index contributed by atoms with van der Waals surface area (Å²) in [6, 6.07) is 14.3. The van der Waals surface area contributed by atoms with Crippen LogP contribution in [0, 0.1) is 5.92 Å². The fourth-order valence-corrected chi connectivity index (χ4v) is 4.75. The van der Waals surface area contributed by atoms with E-state index in [9.17, 15) is 19.5 Å². The van der Waals surface area contributed by atoms with Gasteiger partial charge in [0.25, 0.3) is 0 Å². The van der Waals surface area contributed by atoms with E-state index in [4.69, 9.17) is 4.74 Å². The first kappa shape index (κ1) is 23.8. The fourth-order valence-electron chi connectivity index (χ4n) is 4.75. The molecule has 0 radical (unpaired) electrons. The van der Waals surface area contributed by atoms with Gasteiger partial charge in [-0.05, 0) is 55.1 Å². The molecule has 1 saturated carbocycles. The van der Waals surface area contributed by atoms with E-state index >= 15 is 0 Å². The van der Waals surface area contributed by atoms with Crippen LogP contribution in [0.4, 0.5) is 4.79 Å². The van der Waals surface area contributed by atoms with Gasteiger partial charge in [0, 0.05) is 12.5 Å². The summed E-state index contributed by atoms with van der Waals surface area (Å²) in [6.45, 7) is 0.306. The molecule has 0 aliphatic heterocycles. The molecule has 2 aromatic carbocycles. The predicted molar refractivity (Wildman–Crippen MR) is 127 cm³/mol. The van der Waals surface area contributed by atoms with Crippen LogP contribution >= 0.6 is 0 Å². The van der Waals surface area contributed by atoms with Gasteiger partial charge in [0.05, 0.1) is 0 Å². The quantitative estimate of drug-likeness (QED) is 0.526. The molecule has 0 saturated heterocycles. The molecule has 2 atom stereocenters. The van der Waals surface area contributed by atoms with Crippen LogP contribution in [-0.2, 0) is 14.3 Å². The van der Waals surface area contributed by atoms with E-state index < -0.39 is 30.1 Å². The van der Waals surface area contributed by atoms with Gasteiger partial charge >= 0.3 is 12.1 Å². The molecule has 2 aliphatic carbocycles. The van der Waals surface area contributed by atoms with Crippen LogP contribution in [0.3, 0.4) is 0 Å². The first-order valence-corrected chi connectivity index (χ1v) is 11.6. The second-order valence-electron chi connectivity index (χ2n) is 9.30. The van der Waals surface area contributed by atoms with Gasteiger partial charge in [0.2, 0.25) is 5.91 Å². The summed E-state index contributed by atoms with van der Waals surface area (Å²) in [7, 11) is 3.47. The van der Waals surface area contributed by atoms with Crippen LogP contribution in [0.5, 0.6) is 0 Å². The standard InChI is InChI=1S/C26H31N3O5/c1-29(2)14-22(25(31)32)27-24(30)23(16-8-7-9-16)28-26(33)34-15-21-19-12-5-3-10-17(19)18-11-4-6-13-20(18)21/h3-6,10-13,16,21-23H,7-9,14-15H2,1-2H3,(H,27,30)(H,28,33)(H,31,32)/t22-,23?/m0/s1. The van der Waals surface area contributed by atoms with Gasteiger partial charge in [-0.1, -0.05) is 55.0 Å². The van der Waals surface area contributed by atoms with E-state index in [2.05, 4.69) is 22.8 Å². The molecule has 8 nitrogen and oxygen atoms in total. The Balaban J connectivity index is 1.41. The molecule has 0 heterocycles. The van der Waals surface area contributed by atoms with Gasteiger partial charge in [0.15, 0.2) is 0 Å². The van der Waals surface area contributed by atoms with Crippen LogP contribution < -0.4 is 10.6 Å². The average Bonchev–Trinajstić information content (AvgIpc) is 3.09. The fraction of sp³-hybridized carbons (Fsp3) is 0.423. The van der Waals surface area contributed by atoms with E-state index in [-0.39, 0.29) is 25.0 Å². The molecule has 34 heavy (non-hydrogen) atoms. The highest BCUT2D eigenvalue weighted by molar-refractivity contribution is 5.89. The maximum Gasteiger partial charge on any atom is 0.407 e. The number of nitrogens with one attached hydrogen (secondary N) is 2. The predicted octanol–water partition coefficient (Wildman–Crippen LogP) is 2.82. The SMILES string of the molecule is CN(C)C[C@H](NC(=O)C(NC(=O)OCC1c2ccccc2-c2ccccc21)C1CCC1)C(=O)O. The lowest BCUT2D eigenvalue weighted by molar-refractivity contribution is -0.142. The van der Waals surface area contributed by atoms with Gasteiger partial charge in [-0.15, -0.1) is 0 Å². The number of fused-ring (bicyclic) bond motifs is 3. The molecule has 8 heteroatoms. The van der Waals surface area contributed by atoms with Crippen molar-refractivity contribution in [2.24, 2.45) is 5.92 Å². The van der Waals surface area contributed by atoms with Gasteiger partial charge < -0.3 is 25.4 Å². The number of ether oxygens (including phenoxy) is 1. The molecule has 2 aliphatic rings. The summed E-state index contributed by atoms with van der Waals surface area (Å²) in [5.41, 5.74) is 4.49. The highest BCUT2D eigenvalue weighted by atomic mass is 16.5. The third-order valence-corrected chi connectivity index (χ3v) is 6.68. The van der Waals surface area contributed by atoms with Crippen LogP contribution in [-0.4, -0.2) is 67.3 Å². The molecule has 1 unspecified atom stereocenters. The molecular formula is C26H31N3O5. The number of rotatable bonds is 9. The Labute approximate surface area is 199 Å². The molecule has 2 aromatic rings. The topological polar surface area (TPSA) is 108 Å². The number of aliphatic carboxylic acids is 1. The summed E-state index contributed by atoms with van der Waals surface area (Å²) in [6.07, 6.45) is 1.90. The molecule has 2 amide bonds. The number of amides is 2. The normalized spacial score (nSPS) is 16.7. The Kier molecular flexibility index (Phi) is 7.17. The molecular weight excluding hydrogens is 434 g/mol. The number of likely N-dealkylation sites (N-methyl/N-ethyl adjacent to an activating group) is 1. The van der Waals surface area contributed by atoms with E-state index in [1.54, 1.807) is 19.0 Å². The lowest BCUT2D eigenvalue weighted by Crippen LogP contribution is -2.57. The van der Waals surface area contributed by atoms with Gasteiger partial charge in [-0.2, -0.15) is 0 Å². The number of carboxylic acid groups (broad SMARTS) is 1. The minimum atomic E-state index is -1.12. The monoisotopic (exact) mass is 465 g/mol. The van der Waals surface area contributed by atoms with E-state index in [0.29, 0.717) is 0 Å². The molecule has 3 N–H and O–H groups in total. The molecule has 0 bridgehead atoms. The molecule has 0 spiro atoms. The second-order valence-corrected chi connectivity index (χ2v) is 9.30. The highest BCUT2D eigenvalue weighted by Crippen LogP contribution is 2.44. The Morgan fingerprint density at radius 2 is 1.59 bits per heavy atom. The zero-order valence-corrected chi connectivity index (χ0v) is 19.5. The summed E-state index contributed by atoms with van der Waals surface area (Å²) < 4.78 is 5.60. The second kappa shape index (κ2) is 10.3. The number of hydrogen-bond donors (Lipinski definition) is 3. The average molecular weight is 466 g/mol. The van der Waals surface area contributed by atoms with Crippen molar-refractivity contribution in [1.29, 1.82) is 0 Å². The number of carbonyl (C=O) groups excluding carboxylic acids is 2. The van der Waals surface area contributed by atoms with Crippen LogP contribution in [0.15, 0.2) is 48.5 Å². The van der Waals surface area contributed by atoms with Crippen molar-refractivity contribution < 1.29 is 24.2 Å². The summed E-state index contributed by atoms with van der Waals surface area (Å²) in [5, 5.41) is 14.7. The van der Waals surface area contributed by atoms with Crippen molar-refractivity contribution in [1.82, 2.24) is 15.5 Å². The largest absolute Gasteiger partial charge is 0.480 e. The Morgan fingerprint density at radius 1 is 1.00 bits per heavy atom. The number of alkyl carbamates (subject to hydrolysis) is 1. The van der Waals surface area contributed by atoms with Gasteiger partial charge in [0.1, 0.15) is 18.7 Å². The first-order chi connectivity index (χ1) is 16.3. The minimum absolute atomic E-state index is 0.0331. The minimum Gasteiger partial charge on any atom is -0.480 e. The molecule has 1 fully saturated rings. The van der Waals surface area contributed by atoms with Crippen molar-refractivity contribution in [3.63, 3.8) is 0 Å². The lowest BCUT2D eigenvalue weighted by Gasteiger charge is -2.34. The zero-order valence-electron chi connectivity index (χ0n) is 19.5. The number of benzene rings is 2. The third kappa shape index (κ3) is 5.07. The van der Waals surface area contributed by atoms with Crippen LogP contribution in [0.2, 0.25) is 0 Å². The number of nitrogens with zero attached hydrogens (tertiary/aromatic N) is 1. The van der Waals surface area contributed by atoms with Crippen LogP contribution in [0.25, 0.3) is 11.1 Å². The van der Waals surface area contributed by atoms with Gasteiger partial charge in [-0.3, -0.25) is 4.79 Å². The Morgan fingerprint density at radius 3 is 2.09 bits per heavy atom. The van der Waals surface area contributed by atoms with Crippen molar-refractivity contribution in [2.75, 3.05) is 27.2 Å². The molecule has 0 aromatic heterocycles. The van der Waals surface area contributed by atoms with E-state index in [1.807, 2.05) is 36.4 Å². The Bertz CT molecular complexity index is 1020. The smallest absolute Gasteiger partial charge is 0.407 e. The first-order valence-electron chi connectivity index (χ1n) is 11.6. The maximum absolute atomic E-state index is 12.9.